The molecule has 2 fully saturated rings. The second-order valence-electron chi connectivity index (χ2n) is 5.27. The first kappa shape index (κ1) is 17.0. The average Bonchev–Trinajstić information content (AvgIpc) is 2.44. The van der Waals surface area contributed by atoms with E-state index in [4.69, 9.17) is 18.9 Å². The van der Waals surface area contributed by atoms with Gasteiger partial charge in [-0.2, -0.15) is 0 Å². The molecule has 21 heavy (non-hydrogen) atoms. The van der Waals surface area contributed by atoms with Crippen LogP contribution in [0.1, 0.15) is 6.92 Å². The van der Waals surface area contributed by atoms with Crippen LogP contribution in [0.15, 0.2) is 0 Å². The predicted molar refractivity (Wildman–Crippen MR) is 66.0 cm³/mol. The Balaban J connectivity index is 2.03. The van der Waals surface area contributed by atoms with Crippen molar-refractivity contribution >= 4 is 0 Å². The van der Waals surface area contributed by atoms with Gasteiger partial charge in [0.15, 0.2) is 12.6 Å². The van der Waals surface area contributed by atoms with Gasteiger partial charge in [0.05, 0.1) is 12.7 Å². The van der Waals surface area contributed by atoms with E-state index in [-0.39, 0.29) is 6.61 Å². The predicted octanol–water partition coefficient (Wildman–Crippen LogP) is -3.08. The van der Waals surface area contributed by atoms with Crippen LogP contribution in [-0.4, -0.2) is 94.6 Å². The zero-order valence-electron chi connectivity index (χ0n) is 11.8. The van der Waals surface area contributed by atoms with Crippen molar-refractivity contribution in [3.8, 4) is 0 Å². The molecular weight excluding hydrogens is 288 g/mol. The van der Waals surface area contributed by atoms with Gasteiger partial charge >= 0.3 is 0 Å². The molecule has 9 atom stereocenters. The van der Waals surface area contributed by atoms with Crippen LogP contribution < -0.4 is 0 Å². The summed E-state index contributed by atoms with van der Waals surface area (Å²) in [4.78, 5) is 0. The maximum absolute atomic E-state index is 10.1. The largest absolute Gasteiger partial charge is 0.388 e. The van der Waals surface area contributed by atoms with Gasteiger partial charge in [-0.3, -0.25) is 0 Å². The number of hydrogen-bond acceptors (Lipinski definition) is 9. The highest BCUT2D eigenvalue weighted by atomic mass is 16.7. The number of aliphatic hydroxyl groups is 5. The van der Waals surface area contributed by atoms with E-state index in [0.29, 0.717) is 0 Å². The van der Waals surface area contributed by atoms with Gasteiger partial charge in [-0.1, -0.05) is 0 Å². The zero-order valence-corrected chi connectivity index (χ0v) is 11.8. The molecular formula is C12H22O9. The monoisotopic (exact) mass is 310 g/mol. The summed E-state index contributed by atoms with van der Waals surface area (Å²) in [5.74, 6) is 0. The number of methoxy groups -OCH3 is 1. The Labute approximate surface area is 121 Å². The number of rotatable bonds is 3. The van der Waals surface area contributed by atoms with E-state index in [1.54, 1.807) is 6.92 Å². The van der Waals surface area contributed by atoms with Gasteiger partial charge in [0, 0.05) is 7.11 Å². The first-order valence-electron chi connectivity index (χ1n) is 6.72. The molecule has 0 aromatic rings. The highest BCUT2D eigenvalue weighted by molar-refractivity contribution is 4.90. The van der Waals surface area contributed by atoms with Crippen LogP contribution >= 0.6 is 0 Å². The van der Waals surface area contributed by atoms with Crippen molar-refractivity contribution in [3.05, 3.63) is 0 Å². The lowest BCUT2D eigenvalue weighted by atomic mass is 9.99. The first-order chi connectivity index (χ1) is 9.86. The summed E-state index contributed by atoms with van der Waals surface area (Å²) >= 11 is 0. The third-order valence-corrected chi connectivity index (χ3v) is 3.78. The number of aliphatic hydroxyl groups excluding tert-OH is 5. The third-order valence-electron chi connectivity index (χ3n) is 3.78. The molecule has 0 amide bonds. The summed E-state index contributed by atoms with van der Waals surface area (Å²) in [7, 11) is 1.33. The fraction of sp³-hybridized carbons (Fsp3) is 1.00. The van der Waals surface area contributed by atoms with Crippen molar-refractivity contribution in [2.24, 2.45) is 0 Å². The van der Waals surface area contributed by atoms with E-state index in [2.05, 4.69) is 0 Å². The van der Waals surface area contributed by atoms with Gasteiger partial charge in [0.25, 0.3) is 0 Å². The molecule has 2 heterocycles. The van der Waals surface area contributed by atoms with Gasteiger partial charge in [-0.05, 0) is 6.92 Å². The molecule has 0 aromatic heterocycles. The van der Waals surface area contributed by atoms with Gasteiger partial charge in [-0.25, -0.2) is 0 Å². The molecule has 0 bridgehead atoms. The summed E-state index contributed by atoms with van der Waals surface area (Å²) in [6.45, 7) is 1.43. The van der Waals surface area contributed by atoms with E-state index in [0.717, 1.165) is 0 Å². The second-order valence-corrected chi connectivity index (χ2v) is 5.27. The SMILES string of the molecule is CO[C@H]1[C@H](O)[C@@H](O[C@@H]2[C@@H](O)[C@@H](O)C(O)O[C@H]2C)OC[C@@H]1O. The van der Waals surface area contributed by atoms with Gasteiger partial charge in [-0.15, -0.1) is 0 Å². The molecule has 5 N–H and O–H groups in total. The first-order valence-corrected chi connectivity index (χ1v) is 6.72. The van der Waals surface area contributed by atoms with Crippen LogP contribution in [0.4, 0.5) is 0 Å². The van der Waals surface area contributed by atoms with Crippen LogP contribution in [0.25, 0.3) is 0 Å². The van der Waals surface area contributed by atoms with Crippen molar-refractivity contribution in [1.29, 1.82) is 0 Å². The van der Waals surface area contributed by atoms with Crippen molar-refractivity contribution in [3.63, 3.8) is 0 Å². The summed E-state index contributed by atoms with van der Waals surface area (Å²) in [6, 6.07) is 0. The van der Waals surface area contributed by atoms with Crippen LogP contribution in [-0.2, 0) is 18.9 Å². The highest BCUT2D eigenvalue weighted by Crippen LogP contribution is 2.27. The maximum Gasteiger partial charge on any atom is 0.186 e. The Morgan fingerprint density at radius 2 is 1.62 bits per heavy atom. The van der Waals surface area contributed by atoms with Crippen LogP contribution in [0.2, 0.25) is 0 Å². The van der Waals surface area contributed by atoms with Gasteiger partial charge in [0.1, 0.15) is 36.6 Å². The zero-order chi connectivity index (χ0) is 15.7. The molecule has 0 aliphatic carbocycles. The van der Waals surface area contributed by atoms with Crippen molar-refractivity contribution in [1.82, 2.24) is 0 Å². The average molecular weight is 310 g/mol. The summed E-state index contributed by atoms with van der Waals surface area (Å²) in [5.41, 5.74) is 0. The lowest BCUT2D eigenvalue weighted by Gasteiger charge is -2.43. The molecule has 2 saturated heterocycles. The molecule has 2 aliphatic heterocycles. The lowest BCUT2D eigenvalue weighted by Crippen LogP contribution is -2.61. The topological polar surface area (TPSA) is 138 Å². The van der Waals surface area contributed by atoms with Crippen LogP contribution in [0.3, 0.4) is 0 Å². The Morgan fingerprint density at radius 1 is 0.952 bits per heavy atom. The summed E-state index contributed by atoms with van der Waals surface area (Å²) in [5, 5.41) is 48.6. The molecule has 0 radical (unpaired) electrons. The quantitative estimate of drug-likeness (QED) is 0.367. The molecule has 0 spiro atoms. The van der Waals surface area contributed by atoms with Gasteiger partial charge < -0.3 is 44.5 Å². The van der Waals surface area contributed by atoms with E-state index >= 15 is 0 Å². The van der Waals surface area contributed by atoms with Gasteiger partial charge in [0.2, 0.25) is 0 Å². The van der Waals surface area contributed by atoms with E-state index in [1.807, 2.05) is 0 Å². The molecule has 9 heteroatoms. The van der Waals surface area contributed by atoms with Crippen LogP contribution in [0.5, 0.6) is 0 Å². The smallest absolute Gasteiger partial charge is 0.186 e. The Kier molecular flexibility index (Phi) is 5.52. The minimum Gasteiger partial charge on any atom is -0.388 e. The molecule has 2 aliphatic rings. The standard InChI is InChI=1S/C12H22O9/c1-4-9(6(14)7(15)11(17)20-4)21-12-8(16)10(18-2)5(13)3-19-12/h4-17H,3H2,1-2H3/t4-,5-,6-,7+,8-,9-,10+,11?,12+/m0/s1. The fourth-order valence-electron chi connectivity index (χ4n) is 2.55. The molecule has 9 nitrogen and oxygen atoms in total. The second kappa shape index (κ2) is 6.82. The Hall–Kier alpha value is -0.360. The molecule has 0 saturated carbocycles. The van der Waals surface area contributed by atoms with E-state index in [1.165, 1.54) is 7.11 Å². The third kappa shape index (κ3) is 3.36. The molecule has 0 aromatic carbocycles. The van der Waals surface area contributed by atoms with E-state index in [9.17, 15) is 25.5 Å². The Morgan fingerprint density at radius 3 is 2.24 bits per heavy atom. The highest BCUT2D eigenvalue weighted by Gasteiger charge is 2.47. The number of hydrogen-bond donors (Lipinski definition) is 5. The molecule has 2 rings (SSSR count). The summed E-state index contributed by atoms with van der Waals surface area (Å²) < 4.78 is 20.7. The maximum atomic E-state index is 10.1. The minimum atomic E-state index is -1.53. The fourth-order valence-corrected chi connectivity index (χ4v) is 2.55. The number of ether oxygens (including phenoxy) is 4. The summed E-state index contributed by atoms with van der Waals surface area (Å²) in [6.07, 6.45) is -10.5. The lowest BCUT2D eigenvalue weighted by molar-refractivity contribution is -0.339. The Bertz CT molecular complexity index is 341. The van der Waals surface area contributed by atoms with Crippen molar-refractivity contribution in [2.45, 2.75) is 62.2 Å². The van der Waals surface area contributed by atoms with Crippen LogP contribution in [0, 0.1) is 0 Å². The van der Waals surface area contributed by atoms with E-state index < -0.39 is 55.3 Å². The molecule has 124 valence electrons. The van der Waals surface area contributed by atoms with Crippen molar-refractivity contribution < 1.29 is 44.5 Å². The minimum absolute atomic E-state index is 0.108. The van der Waals surface area contributed by atoms with Crippen molar-refractivity contribution in [2.75, 3.05) is 13.7 Å². The normalized spacial score (nSPS) is 51.9. The molecule has 1 unspecified atom stereocenters.